The van der Waals surface area contributed by atoms with Crippen LogP contribution in [0.3, 0.4) is 0 Å². The quantitative estimate of drug-likeness (QED) is 0.0410. The van der Waals surface area contributed by atoms with Crippen molar-refractivity contribution in [2.45, 2.75) is 240 Å². The van der Waals surface area contributed by atoms with Crippen molar-refractivity contribution in [1.82, 2.24) is 4.90 Å². The van der Waals surface area contributed by atoms with Crippen LogP contribution in [0.4, 0.5) is 0 Å². The predicted molar refractivity (Wildman–Crippen MR) is 380 cm³/mol. The van der Waals surface area contributed by atoms with E-state index in [0.717, 1.165) is 96.9 Å². The lowest BCUT2D eigenvalue weighted by Gasteiger charge is -2.42. The number of carbonyl (C=O) groups is 3. The zero-order valence-electron chi connectivity index (χ0n) is 63.0. The van der Waals surface area contributed by atoms with Crippen LogP contribution in [0.25, 0.3) is 0 Å². The Kier molecular flexibility index (Phi) is 64.4. The summed E-state index contributed by atoms with van der Waals surface area (Å²) in [6.07, 6.45) is 30.2. The minimum atomic E-state index is -0.601. The van der Waals surface area contributed by atoms with Gasteiger partial charge in [-0.05, 0) is 108 Å². The Morgan fingerprint density at radius 1 is 0.365 bits per heavy atom. The van der Waals surface area contributed by atoms with Crippen molar-refractivity contribution in [1.29, 1.82) is 0 Å². The minimum Gasteiger partial charge on any atom is -0.465 e. The van der Waals surface area contributed by atoms with E-state index < -0.39 is 17.8 Å². The number of hydrogen-bond acceptors (Lipinski definition) is 19. The van der Waals surface area contributed by atoms with Crippen molar-refractivity contribution in [3.05, 3.63) is 0 Å². The third-order valence-corrected chi connectivity index (χ3v) is 18.2. The number of ether oxygens (including phenoxy) is 16. The minimum absolute atomic E-state index is 0.00437. The summed E-state index contributed by atoms with van der Waals surface area (Å²) in [6, 6.07) is 0. The summed E-state index contributed by atoms with van der Waals surface area (Å²) < 4.78 is 91.1. The molecule has 1 rings (SSSR count). The first-order valence-electron chi connectivity index (χ1n) is 38.5. The highest BCUT2D eigenvalue weighted by atomic mass is 16.6. The summed E-state index contributed by atoms with van der Waals surface area (Å²) in [6.45, 7) is 30.7. The maximum atomic E-state index is 13.9. The first-order valence-corrected chi connectivity index (χ1v) is 38.5. The van der Waals surface area contributed by atoms with E-state index in [0.29, 0.717) is 177 Å². The normalized spacial score (nSPS) is 15.1. The van der Waals surface area contributed by atoms with Crippen LogP contribution in [0.15, 0.2) is 0 Å². The summed E-state index contributed by atoms with van der Waals surface area (Å²) >= 11 is 0. The molecule has 1 fully saturated rings. The molecule has 0 saturated heterocycles. The molecule has 0 radical (unpaired) electrons. The van der Waals surface area contributed by atoms with Gasteiger partial charge in [-0.15, -0.1) is 0 Å². The fraction of sp³-hybridized carbons (Fsp3) is 0.961. The van der Waals surface area contributed by atoms with Gasteiger partial charge >= 0.3 is 11.9 Å². The molecule has 0 spiro atoms. The van der Waals surface area contributed by atoms with Crippen LogP contribution in [0.5, 0.6) is 0 Å². The van der Waals surface area contributed by atoms with Crippen molar-refractivity contribution in [3.63, 3.8) is 0 Å². The third kappa shape index (κ3) is 54.6. The molecule has 1 aliphatic carbocycles. The number of hydrogen-bond donors (Lipinski definition) is 0. The first kappa shape index (κ1) is 91.9. The van der Waals surface area contributed by atoms with Crippen LogP contribution >= 0.6 is 0 Å². The summed E-state index contributed by atoms with van der Waals surface area (Å²) in [5, 5.41) is 0. The molecule has 0 aromatic carbocycles. The van der Waals surface area contributed by atoms with E-state index in [1.54, 1.807) is 25.9 Å². The highest BCUT2D eigenvalue weighted by molar-refractivity contribution is 5.80. The van der Waals surface area contributed by atoms with E-state index in [1.807, 2.05) is 0 Å². The van der Waals surface area contributed by atoms with Gasteiger partial charge in [0, 0.05) is 99.3 Å². The molecular formula is C76H147NO19. The molecule has 1 aliphatic rings. The molecule has 1 saturated carbocycles. The van der Waals surface area contributed by atoms with Gasteiger partial charge in [0.15, 0.2) is 0 Å². The Balaban J connectivity index is 1.98. The molecule has 0 N–H and O–H groups in total. The van der Waals surface area contributed by atoms with Gasteiger partial charge in [-0.3, -0.25) is 14.4 Å². The molecule has 20 nitrogen and oxygen atoms in total. The largest absolute Gasteiger partial charge is 0.465 e. The topological polar surface area (TPSA) is 202 Å². The van der Waals surface area contributed by atoms with E-state index >= 15 is 0 Å². The maximum Gasteiger partial charge on any atom is 0.308 e. The lowest BCUT2D eigenvalue weighted by atomic mass is 9.63. The zero-order chi connectivity index (χ0) is 69.9. The van der Waals surface area contributed by atoms with Gasteiger partial charge in [0.25, 0.3) is 0 Å². The Bertz CT molecular complexity index is 1700. The van der Waals surface area contributed by atoms with Gasteiger partial charge in [-0.25, -0.2) is 0 Å². The monoisotopic (exact) mass is 1380 g/mol. The fourth-order valence-corrected chi connectivity index (χ4v) is 11.8. The summed E-state index contributed by atoms with van der Waals surface area (Å²) in [4.78, 5) is 42.8. The second kappa shape index (κ2) is 67.3. The highest BCUT2D eigenvalue weighted by Crippen LogP contribution is 2.46. The molecule has 0 bridgehead atoms. The van der Waals surface area contributed by atoms with Crippen LogP contribution in [0.1, 0.15) is 235 Å². The van der Waals surface area contributed by atoms with Crippen LogP contribution in [0, 0.1) is 29.1 Å². The molecule has 0 aromatic heterocycles. The lowest BCUT2D eigenvalue weighted by molar-refractivity contribution is -0.154. The van der Waals surface area contributed by atoms with Crippen molar-refractivity contribution in [2.75, 3.05) is 206 Å². The van der Waals surface area contributed by atoms with Crippen LogP contribution < -0.4 is 0 Å². The third-order valence-electron chi connectivity index (χ3n) is 18.2. The zero-order valence-corrected chi connectivity index (χ0v) is 63.0. The average molecular weight is 1380 g/mol. The predicted octanol–water partition coefficient (Wildman–Crippen LogP) is 14.0. The van der Waals surface area contributed by atoms with E-state index in [2.05, 4.69) is 41.5 Å². The number of nitrogens with zero attached hydrogens (tertiary/aromatic N) is 1. The molecule has 0 heterocycles. The van der Waals surface area contributed by atoms with Gasteiger partial charge in [-0.2, -0.15) is 0 Å². The van der Waals surface area contributed by atoms with Crippen LogP contribution in [-0.4, -0.2) is 234 Å². The van der Waals surface area contributed by atoms with E-state index in [-0.39, 0.29) is 48.4 Å². The molecule has 5 unspecified atom stereocenters. The van der Waals surface area contributed by atoms with Crippen molar-refractivity contribution < 1.29 is 90.2 Å². The molecule has 1 amide bonds. The first-order chi connectivity index (χ1) is 46.9. The summed E-state index contributed by atoms with van der Waals surface area (Å²) in [7, 11) is 3.59. The number of rotatable bonds is 75. The molecule has 0 aliphatic heterocycles. The number of amides is 1. The van der Waals surface area contributed by atoms with Crippen molar-refractivity contribution in [3.8, 4) is 0 Å². The van der Waals surface area contributed by atoms with Gasteiger partial charge in [0.1, 0.15) is 6.61 Å². The summed E-state index contributed by atoms with van der Waals surface area (Å²) in [5.41, 5.74) is -0.00976. The Morgan fingerprint density at radius 2 is 0.708 bits per heavy atom. The Hall–Kier alpha value is -2.15. The second-order valence-electron chi connectivity index (χ2n) is 26.9. The smallest absolute Gasteiger partial charge is 0.308 e. The van der Waals surface area contributed by atoms with E-state index in [1.165, 1.54) is 89.9 Å². The number of esters is 2. The Morgan fingerprint density at radius 3 is 1.08 bits per heavy atom. The van der Waals surface area contributed by atoms with Gasteiger partial charge < -0.3 is 80.7 Å². The average Bonchev–Trinajstić information content (AvgIpc) is 0.840. The van der Waals surface area contributed by atoms with E-state index in [9.17, 15) is 14.4 Å². The standard InChI is InChI=1S/C76H147NO19/c1-10-14-16-17-18-19-20-21-22-26-47-94-74(80)69(66-70(72(78)77(8)9)67-75(6,12-3)71-33-24-23-25-34-71)65-68(5)73(79)95-64-63-93-62-61-92-60-59-91-58-57-90-56-55-89-54-53-88-52-51-87-50-49-86-45-31-44-84-41-29-40-82-37-27-36-81-38-28-39-83-42-30-43-85-46-32-48-96-76(7,13-4)35-15-11-2/h68-71H,10-67H2,1-9H3. The van der Waals surface area contributed by atoms with E-state index in [4.69, 9.17) is 75.8 Å². The molecule has 5 atom stereocenters. The molecule has 96 heavy (non-hydrogen) atoms. The molecule has 0 aromatic rings. The van der Waals surface area contributed by atoms with Gasteiger partial charge in [0.2, 0.25) is 5.91 Å². The molecule has 570 valence electrons. The fourth-order valence-electron chi connectivity index (χ4n) is 11.8. The number of carbonyl (C=O) groups excluding carboxylic acids is 3. The lowest BCUT2D eigenvalue weighted by Crippen LogP contribution is -2.39. The van der Waals surface area contributed by atoms with Crippen molar-refractivity contribution >= 4 is 17.8 Å². The maximum absolute atomic E-state index is 13.9. The Labute approximate surface area is 585 Å². The van der Waals surface area contributed by atoms with Crippen LogP contribution in [-0.2, 0) is 90.2 Å². The molecular weight excluding hydrogens is 1230 g/mol. The van der Waals surface area contributed by atoms with Crippen LogP contribution in [0.2, 0.25) is 0 Å². The molecule has 20 heteroatoms. The number of unbranched alkanes of at least 4 members (excludes halogenated alkanes) is 10. The summed E-state index contributed by atoms with van der Waals surface area (Å²) in [5.74, 6) is -1.64. The van der Waals surface area contributed by atoms with Crippen molar-refractivity contribution in [2.24, 2.45) is 29.1 Å². The van der Waals surface area contributed by atoms with Gasteiger partial charge in [0.05, 0.1) is 123 Å². The highest BCUT2D eigenvalue weighted by Gasteiger charge is 2.40. The SMILES string of the molecule is CCCCCCCCCCCCOC(=O)C(CC(C)C(=O)OCCOCCOCCOCCOCCOCCOCCOCCOCCCOCCCOCCCOCCCOCCCOCCCOC(C)(CC)CCCC)CC(CC(C)(CC)C1CCCCC1)C(=O)N(C)C. The second-order valence-corrected chi connectivity index (χ2v) is 26.9. The van der Waals surface area contributed by atoms with Gasteiger partial charge in [-0.1, -0.05) is 138 Å².